The molecule has 0 spiro atoms. The highest BCUT2D eigenvalue weighted by atomic mass is 32.2. The summed E-state index contributed by atoms with van der Waals surface area (Å²) >= 11 is 0. The Morgan fingerprint density at radius 2 is 1.89 bits per heavy atom. The number of H-pyrrole nitrogens is 1. The smallest absolute Gasteiger partial charge is 0.240 e. The van der Waals surface area contributed by atoms with Gasteiger partial charge in [-0.1, -0.05) is 18.2 Å². The molecular weight excluding hydrogens is 364 g/mol. The molecule has 140 valence electrons. The fourth-order valence-electron chi connectivity index (χ4n) is 3.99. The Morgan fingerprint density at radius 1 is 1.11 bits per heavy atom. The fourth-order valence-corrected chi connectivity index (χ4v) is 5.13. The van der Waals surface area contributed by atoms with Crippen molar-refractivity contribution in [2.75, 3.05) is 13.3 Å². The Bertz CT molecular complexity index is 1150. The molecule has 1 aliphatic carbocycles. The molecule has 0 saturated heterocycles. The van der Waals surface area contributed by atoms with Gasteiger partial charge in [0.15, 0.2) is 11.5 Å². The van der Waals surface area contributed by atoms with Gasteiger partial charge in [-0.05, 0) is 43.5 Å². The normalized spacial score (nSPS) is 17.4. The Morgan fingerprint density at radius 3 is 2.70 bits per heavy atom. The summed E-state index contributed by atoms with van der Waals surface area (Å²) in [5, 5.41) is 1.18. The first-order valence-electron chi connectivity index (χ1n) is 8.96. The maximum Gasteiger partial charge on any atom is 0.240 e. The van der Waals surface area contributed by atoms with Crippen LogP contribution < -0.4 is 14.2 Å². The number of nitrogens with one attached hydrogen (secondary N) is 2. The molecule has 0 radical (unpaired) electrons. The van der Waals surface area contributed by atoms with Crippen LogP contribution in [0.4, 0.5) is 0 Å². The van der Waals surface area contributed by atoms with E-state index in [1.807, 2.05) is 12.1 Å². The minimum Gasteiger partial charge on any atom is -0.454 e. The van der Waals surface area contributed by atoms with Crippen LogP contribution >= 0.6 is 0 Å². The van der Waals surface area contributed by atoms with E-state index in [0.29, 0.717) is 18.0 Å². The number of hydrogen-bond donors (Lipinski definition) is 2. The van der Waals surface area contributed by atoms with Gasteiger partial charge in [-0.15, -0.1) is 0 Å². The molecule has 2 aliphatic rings. The first-order chi connectivity index (χ1) is 13.0. The molecule has 0 bridgehead atoms. The summed E-state index contributed by atoms with van der Waals surface area (Å²) in [4.78, 5) is 3.62. The maximum absolute atomic E-state index is 12.8. The average molecular weight is 384 g/mol. The van der Waals surface area contributed by atoms with Gasteiger partial charge in [0.1, 0.15) is 0 Å². The third kappa shape index (κ3) is 2.69. The molecule has 1 saturated carbocycles. The maximum atomic E-state index is 12.8. The van der Waals surface area contributed by atoms with Gasteiger partial charge in [0.25, 0.3) is 0 Å². The predicted molar refractivity (Wildman–Crippen MR) is 102 cm³/mol. The van der Waals surface area contributed by atoms with Crippen molar-refractivity contribution in [1.82, 2.24) is 9.71 Å². The SMILES string of the molecule is Cc1[nH]c2ccccc2c1C1(CNS(=O)(=O)c2ccc3c(c2)OCO3)CC1. The number of sulfonamides is 1. The van der Waals surface area contributed by atoms with Crippen LogP contribution in [-0.2, 0) is 15.4 Å². The fraction of sp³-hybridized carbons (Fsp3) is 0.300. The summed E-state index contributed by atoms with van der Waals surface area (Å²) in [6.07, 6.45) is 1.94. The Balaban J connectivity index is 1.43. The van der Waals surface area contributed by atoms with Crippen LogP contribution in [0.3, 0.4) is 0 Å². The van der Waals surface area contributed by atoms with E-state index in [4.69, 9.17) is 9.47 Å². The molecule has 2 aromatic carbocycles. The van der Waals surface area contributed by atoms with E-state index in [9.17, 15) is 8.42 Å². The lowest BCUT2D eigenvalue weighted by Crippen LogP contribution is -2.32. The lowest BCUT2D eigenvalue weighted by molar-refractivity contribution is 0.174. The quantitative estimate of drug-likeness (QED) is 0.708. The number of benzene rings is 2. The predicted octanol–water partition coefficient (Wildman–Crippen LogP) is 3.22. The van der Waals surface area contributed by atoms with Crippen LogP contribution in [0, 0.1) is 6.92 Å². The molecular formula is C20H20N2O4S. The monoisotopic (exact) mass is 384 g/mol. The Hall–Kier alpha value is -2.51. The van der Waals surface area contributed by atoms with E-state index in [-0.39, 0.29) is 17.1 Å². The number of hydrogen-bond acceptors (Lipinski definition) is 4. The van der Waals surface area contributed by atoms with Gasteiger partial charge in [0.05, 0.1) is 4.90 Å². The van der Waals surface area contributed by atoms with Gasteiger partial charge >= 0.3 is 0 Å². The molecule has 6 nitrogen and oxygen atoms in total. The zero-order valence-corrected chi connectivity index (χ0v) is 15.7. The van der Waals surface area contributed by atoms with Crippen LogP contribution in [0.2, 0.25) is 0 Å². The minimum absolute atomic E-state index is 0.120. The first-order valence-corrected chi connectivity index (χ1v) is 10.4. The van der Waals surface area contributed by atoms with E-state index in [2.05, 4.69) is 28.8 Å². The molecule has 5 rings (SSSR count). The van der Waals surface area contributed by atoms with Crippen molar-refractivity contribution in [3.63, 3.8) is 0 Å². The summed E-state index contributed by atoms with van der Waals surface area (Å²) in [5.41, 5.74) is 3.28. The molecule has 27 heavy (non-hydrogen) atoms. The third-order valence-corrected chi connectivity index (χ3v) is 6.93. The zero-order valence-electron chi connectivity index (χ0n) is 14.9. The first kappa shape index (κ1) is 16.6. The van der Waals surface area contributed by atoms with Gasteiger partial charge in [-0.3, -0.25) is 0 Å². The number of aromatic nitrogens is 1. The lowest BCUT2D eigenvalue weighted by Gasteiger charge is -2.17. The van der Waals surface area contributed by atoms with E-state index >= 15 is 0 Å². The van der Waals surface area contributed by atoms with Crippen molar-refractivity contribution >= 4 is 20.9 Å². The molecule has 0 atom stereocenters. The van der Waals surface area contributed by atoms with Crippen LogP contribution in [-0.4, -0.2) is 26.7 Å². The number of aromatic amines is 1. The van der Waals surface area contributed by atoms with Gasteiger partial charge in [-0.25, -0.2) is 13.1 Å². The van der Waals surface area contributed by atoms with Crippen LogP contribution in [0.5, 0.6) is 11.5 Å². The molecule has 1 fully saturated rings. The average Bonchev–Trinajstić information content (AvgIpc) is 3.13. The summed E-state index contributed by atoms with van der Waals surface area (Å²) in [7, 11) is -3.63. The van der Waals surface area contributed by atoms with Gasteiger partial charge in [0, 0.05) is 34.6 Å². The van der Waals surface area contributed by atoms with Crippen molar-refractivity contribution in [1.29, 1.82) is 0 Å². The van der Waals surface area contributed by atoms with Gasteiger partial charge < -0.3 is 14.5 Å². The second-order valence-corrected chi connectivity index (χ2v) is 9.06. The van der Waals surface area contributed by atoms with Crippen molar-refractivity contribution in [2.45, 2.75) is 30.1 Å². The summed E-state index contributed by atoms with van der Waals surface area (Å²) in [5.74, 6) is 1.04. The second kappa shape index (κ2) is 5.74. The largest absolute Gasteiger partial charge is 0.454 e. The number of aryl methyl sites for hydroxylation is 1. The number of rotatable bonds is 5. The van der Waals surface area contributed by atoms with Crippen molar-refractivity contribution in [2.24, 2.45) is 0 Å². The standard InChI is InChI=1S/C20H20N2O4S/c1-13-19(15-4-2-3-5-16(15)22-13)20(8-9-20)11-21-27(23,24)14-6-7-17-18(10-14)26-12-25-17/h2-7,10,21-22H,8-9,11-12H2,1H3. The zero-order chi connectivity index (χ0) is 18.6. The third-order valence-electron chi connectivity index (χ3n) is 5.53. The van der Waals surface area contributed by atoms with E-state index in [0.717, 1.165) is 24.1 Å². The summed E-state index contributed by atoms with van der Waals surface area (Å²) in [6, 6.07) is 12.9. The van der Waals surface area contributed by atoms with Crippen LogP contribution in [0.25, 0.3) is 10.9 Å². The van der Waals surface area contributed by atoms with Gasteiger partial charge in [-0.2, -0.15) is 0 Å². The van der Waals surface area contributed by atoms with Gasteiger partial charge in [0.2, 0.25) is 16.8 Å². The Labute approximate surface area is 157 Å². The molecule has 0 unspecified atom stereocenters. The minimum atomic E-state index is -3.63. The van der Waals surface area contributed by atoms with E-state index < -0.39 is 10.0 Å². The number of para-hydroxylation sites is 1. The highest BCUT2D eigenvalue weighted by Gasteiger charge is 2.47. The highest BCUT2D eigenvalue weighted by Crippen LogP contribution is 2.51. The van der Waals surface area contributed by atoms with Crippen LogP contribution in [0.15, 0.2) is 47.4 Å². The van der Waals surface area contributed by atoms with E-state index in [1.165, 1.54) is 17.0 Å². The topological polar surface area (TPSA) is 80.4 Å². The molecule has 1 aromatic heterocycles. The molecule has 7 heteroatoms. The molecule has 0 amide bonds. The molecule has 2 heterocycles. The Kier molecular flexibility index (Phi) is 3.54. The van der Waals surface area contributed by atoms with Crippen molar-refractivity contribution in [3.8, 4) is 11.5 Å². The van der Waals surface area contributed by atoms with Crippen molar-refractivity contribution < 1.29 is 17.9 Å². The number of ether oxygens (including phenoxy) is 2. The van der Waals surface area contributed by atoms with Crippen molar-refractivity contribution in [3.05, 3.63) is 53.7 Å². The second-order valence-electron chi connectivity index (χ2n) is 7.29. The molecule has 2 N–H and O–H groups in total. The summed E-state index contributed by atoms with van der Waals surface area (Å²) in [6.45, 7) is 2.56. The molecule has 1 aliphatic heterocycles. The number of fused-ring (bicyclic) bond motifs is 2. The lowest BCUT2D eigenvalue weighted by atomic mass is 9.93. The van der Waals surface area contributed by atoms with Crippen LogP contribution in [0.1, 0.15) is 24.1 Å². The molecule has 3 aromatic rings. The van der Waals surface area contributed by atoms with E-state index in [1.54, 1.807) is 12.1 Å². The summed E-state index contributed by atoms with van der Waals surface area (Å²) < 4.78 is 39.0. The highest BCUT2D eigenvalue weighted by molar-refractivity contribution is 7.89.